The van der Waals surface area contributed by atoms with Crippen LogP contribution in [0.3, 0.4) is 0 Å². The monoisotopic (exact) mass is 177 g/mol. The first kappa shape index (κ1) is 7.63. The Morgan fingerprint density at radius 1 is 1.31 bits per heavy atom. The van der Waals surface area contributed by atoms with Crippen molar-refractivity contribution in [2.75, 3.05) is 0 Å². The predicted molar refractivity (Wildman–Crippen MR) is 50.3 cm³/mol. The number of hydrogen-bond donors (Lipinski definition) is 1. The highest BCUT2D eigenvalue weighted by Crippen LogP contribution is 2.52. The van der Waals surface area contributed by atoms with Gasteiger partial charge in [-0.25, -0.2) is 0 Å². The zero-order valence-corrected chi connectivity index (χ0v) is 7.65. The molecule has 2 N–H and O–H groups in total. The molecule has 2 aliphatic carbocycles. The van der Waals surface area contributed by atoms with Gasteiger partial charge < -0.3 is 10.2 Å². The van der Waals surface area contributed by atoms with Crippen molar-refractivity contribution in [3.05, 3.63) is 24.2 Å². The minimum absolute atomic E-state index is 0.352. The Bertz CT molecular complexity index is 291. The maximum Gasteiger partial charge on any atom is 0.108 e. The van der Waals surface area contributed by atoms with E-state index in [-0.39, 0.29) is 0 Å². The smallest absolute Gasteiger partial charge is 0.108 e. The summed E-state index contributed by atoms with van der Waals surface area (Å²) in [6, 6.07) is 4.39. The average Bonchev–Trinajstić information content (AvgIpc) is 2.76. The van der Waals surface area contributed by atoms with Crippen LogP contribution in [0.2, 0.25) is 0 Å². The van der Waals surface area contributed by atoms with Gasteiger partial charge in [0.1, 0.15) is 5.76 Å². The Labute approximate surface area is 78.1 Å². The lowest BCUT2D eigenvalue weighted by Gasteiger charge is -2.26. The van der Waals surface area contributed by atoms with Gasteiger partial charge in [-0.1, -0.05) is 0 Å². The second-order valence-corrected chi connectivity index (χ2v) is 4.45. The Morgan fingerprint density at radius 2 is 2.15 bits per heavy atom. The number of rotatable bonds is 1. The fourth-order valence-electron chi connectivity index (χ4n) is 3.24. The van der Waals surface area contributed by atoms with Gasteiger partial charge in [0.05, 0.1) is 6.26 Å². The Kier molecular flexibility index (Phi) is 1.53. The van der Waals surface area contributed by atoms with Gasteiger partial charge in [-0.2, -0.15) is 0 Å². The van der Waals surface area contributed by atoms with E-state index in [1.807, 2.05) is 6.07 Å². The molecule has 4 unspecified atom stereocenters. The minimum Gasteiger partial charge on any atom is -0.469 e. The van der Waals surface area contributed by atoms with Crippen LogP contribution in [0.4, 0.5) is 0 Å². The average molecular weight is 177 g/mol. The maximum absolute atomic E-state index is 6.20. The van der Waals surface area contributed by atoms with E-state index in [1.165, 1.54) is 19.3 Å². The zero-order valence-electron chi connectivity index (χ0n) is 7.65. The molecule has 0 aliphatic heterocycles. The molecule has 1 aromatic rings. The molecule has 3 rings (SSSR count). The molecular weight excluding hydrogens is 162 g/mol. The summed E-state index contributed by atoms with van der Waals surface area (Å²) in [5, 5.41) is 0. The lowest BCUT2D eigenvalue weighted by Crippen LogP contribution is -2.33. The van der Waals surface area contributed by atoms with Crippen molar-refractivity contribution < 1.29 is 4.42 Å². The van der Waals surface area contributed by atoms with Crippen molar-refractivity contribution in [2.24, 2.45) is 17.6 Å². The maximum atomic E-state index is 6.20. The topological polar surface area (TPSA) is 39.2 Å². The SMILES string of the molecule is NC1C2CCC(C2)C1c1ccco1. The summed E-state index contributed by atoms with van der Waals surface area (Å²) in [4.78, 5) is 0. The van der Waals surface area contributed by atoms with Gasteiger partial charge in [0.25, 0.3) is 0 Å². The van der Waals surface area contributed by atoms with Gasteiger partial charge in [-0.3, -0.25) is 0 Å². The number of fused-ring (bicyclic) bond motifs is 2. The van der Waals surface area contributed by atoms with E-state index in [9.17, 15) is 0 Å². The summed E-state index contributed by atoms with van der Waals surface area (Å²) in [5.74, 6) is 3.18. The highest BCUT2D eigenvalue weighted by Gasteiger charge is 2.47. The molecule has 4 atom stereocenters. The van der Waals surface area contributed by atoms with Gasteiger partial charge in [0.15, 0.2) is 0 Å². The molecule has 1 heterocycles. The van der Waals surface area contributed by atoms with Gasteiger partial charge in [-0.15, -0.1) is 0 Å². The van der Waals surface area contributed by atoms with E-state index in [1.54, 1.807) is 6.26 Å². The first-order valence-electron chi connectivity index (χ1n) is 5.15. The molecule has 2 fully saturated rings. The summed E-state index contributed by atoms with van der Waals surface area (Å²) in [7, 11) is 0. The van der Waals surface area contributed by atoms with Crippen molar-refractivity contribution in [3.63, 3.8) is 0 Å². The lowest BCUT2D eigenvalue weighted by atomic mass is 9.83. The fourth-order valence-corrected chi connectivity index (χ4v) is 3.24. The van der Waals surface area contributed by atoms with Gasteiger partial charge in [0.2, 0.25) is 0 Å². The molecule has 2 heteroatoms. The van der Waals surface area contributed by atoms with Gasteiger partial charge in [-0.05, 0) is 43.2 Å². The second kappa shape index (κ2) is 2.61. The zero-order chi connectivity index (χ0) is 8.84. The Morgan fingerprint density at radius 3 is 2.77 bits per heavy atom. The third kappa shape index (κ3) is 0.983. The summed E-state index contributed by atoms with van der Waals surface area (Å²) in [6.07, 6.45) is 5.77. The van der Waals surface area contributed by atoms with Crippen molar-refractivity contribution in [2.45, 2.75) is 31.2 Å². The van der Waals surface area contributed by atoms with Crippen LogP contribution in [0.5, 0.6) is 0 Å². The standard InChI is InChI=1S/C11H15NO/c12-11-8-4-3-7(6-8)10(11)9-2-1-5-13-9/h1-2,5,7-8,10-11H,3-4,6,12H2. The Hall–Kier alpha value is -0.760. The second-order valence-electron chi connectivity index (χ2n) is 4.45. The first-order chi connectivity index (χ1) is 6.36. The van der Waals surface area contributed by atoms with Crippen LogP contribution in [0.25, 0.3) is 0 Å². The Balaban J connectivity index is 1.93. The molecular formula is C11H15NO. The van der Waals surface area contributed by atoms with E-state index in [4.69, 9.17) is 10.2 Å². The molecule has 1 aromatic heterocycles. The summed E-state index contributed by atoms with van der Waals surface area (Å²) in [6.45, 7) is 0. The summed E-state index contributed by atoms with van der Waals surface area (Å²) in [5.41, 5.74) is 6.20. The third-order valence-electron chi connectivity index (χ3n) is 3.85. The predicted octanol–water partition coefficient (Wildman–Crippen LogP) is 2.12. The van der Waals surface area contributed by atoms with Crippen molar-refractivity contribution >= 4 is 0 Å². The van der Waals surface area contributed by atoms with E-state index in [2.05, 4.69) is 6.07 Å². The van der Waals surface area contributed by atoms with E-state index in [0.717, 1.165) is 17.6 Å². The quantitative estimate of drug-likeness (QED) is 0.713. The van der Waals surface area contributed by atoms with Crippen LogP contribution >= 0.6 is 0 Å². The number of hydrogen-bond acceptors (Lipinski definition) is 2. The van der Waals surface area contributed by atoms with Crippen molar-refractivity contribution in [1.29, 1.82) is 0 Å². The molecule has 70 valence electrons. The van der Waals surface area contributed by atoms with Crippen molar-refractivity contribution in [3.8, 4) is 0 Å². The summed E-state index contributed by atoms with van der Waals surface area (Å²) >= 11 is 0. The van der Waals surface area contributed by atoms with Gasteiger partial charge >= 0.3 is 0 Å². The fraction of sp³-hybridized carbons (Fsp3) is 0.636. The van der Waals surface area contributed by atoms with Crippen LogP contribution in [-0.2, 0) is 0 Å². The van der Waals surface area contributed by atoms with Crippen LogP contribution in [0.1, 0.15) is 30.9 Å². The normalized spacial score (nSPS) is 42.8. The van der Waals surface area contributed by atoms with Crippen LogP contribution in [0.15, 0.2) is 22.8 Å². The molecule has 0 saturated heterocycles. The first-order valence-corrected chi connectivity index (χ1v) is 5.15. The molecule has 2 saturated carbocycles. The molecule has 0 radical (unpaired) electrons. The van der Waals surface area contributed by atoms with Gasteiger partial charge in [0, 0.05) is 12.0 Å². The largest absolute Gasteiger partial charge is 0.469 e. The summed E-state index contributed by atoms with van der Waals surface area (Å²) < 4.78 is 5.46. The van der Waals surface area contributed by atoms with Crippen molar-refractivity contribution in [1.82, 2.24) is 0 Å². The molecule has 2 bridgehead atoms. The lowest BCUT2D eigenvalue weighted by molar-refractivity contribution is 0.319. The molecule has 2 nitrogen and oxygen atoms in total. The van der Waals surface area contributed by atoms with E-state index < -0.39 is 0 Å². The van der Waals surface area contributed by atoms with Crippen LogP contribution < -0.4 is 5.73 Å². The van der Waals surface area contributed by atoms with E-state index in [0.29, 0.717) is 12.0 Å². The minimum atomic E-state index is 0.352. The van der Waals surface area contributed by atoms with Crippen LogP contribution in [-0.4, -0.2) is 6.04 Å². The van der Waals surface area contributed by atoms with E-state index >= 15 is 0 Å². The highest BCUT2D eigenvalue weighted by atomic mass is 16.3. The molecule has 2 aliphatic rings. The number of furan rings is 1. The molecule has 0 spiro atoms. The number of nitrogens with two attached hydrogens (primary N) is 1. The highest BCUT2D eigenvalue weighted by molar-refractivity contribution is 5.16. The third-order valence-corrected chi connectivity index (χ3v) is 3.85. The van der Waals surface area contributed by atoms with Crippen LogP contribution in [0, 0.1) is 11.8 Å². The molecule has 0 aromatic carbocycles. The molecule has 0 amide bonds. The molecule has 13 heavy (non-hydrogen) atoms.